The van der Waals surface area contributed by atoms with Crippen molar-refractivity contribution in [1.82, 2.24) is 0 Å². The Hall–Kier alpha value is -2.36. The fourth-order valence-electron chi connectivity index (χ4n) is 1.65. The van der Waals surface area contributed by atoms with Crippen LogP contribution in [0.15, 0.2) is 0 Å². The molecule has 0 spiro atoms. The van der Waals surface area contributed by atoms with Crippen molar-refractivity contribution < 1.29 is 35.1 Å². The second kappa shape index (κ2) is 5.20. The summed E-state index contributed by atoms with van der Waals surface area (Å²) in [6.45, 7) is 0. The minimum Gasteiger partial charge on any atom is -0.206 e. The Bertz CT molecular complexity index is 657. The van der Waals surface area contributed by atoms with E-state index in [1.807, 2.05) is 0 Å². The molecule has 10 heteroatoms. The Balaban J connectivity index is 4.03. The lowest BCUT2D eigenvalue weighted by Crippen LogP contribution is -2.22. The summed E-state index contributed by atoms with van der Waals surface area (Å²) >= 11 is 0. The Morgan fingerprint density at radius 3 is 1.62 bits per heavy atom. The third kappa shape index (κ3) is 2.89. The Morgan fingerprint density at radius 1 is 0.810 bits per heavy atom. The quantitative estimate of drug-likeness (QED) is 0.737. The van der Waals surface area contributed by atoms with Crippen LogP contribution in [0.5, 0.6) is 0 Å². The van der Waals surface area contributed by atoms with Crippen LogP contribution in [0, 0.1) is 34.3 Å². The van der Waals surface area contributed by atoms with Gasteiger partial charge in [0.05, 0.1) is 18.1 Å². The molecule has 0 fully saturated rings. The summed E-state index contributed by atoms with van der Waals surface area (Å²) in [6, 6.07) is 1.75. The van der Waals surface area contributed by atoms with Crippen LogP contribution in [-0.2, 0) is 18.8 Å². The van der Waals surface area contributed by atoms with Gasteiger partial charge in [0.15, 0.2) is 0 Å². The first-order valence-corrected chi connectivity index (χ1v) is 4.92. The van der Waals surface area contributed by atoms with Crippen LogP contribution in [0.2, 0.25) is 0 Å². The van der Waals surface area contributed by atoms with Gasteiger partial charge in [-0.05, 0) is 0 Å². The number of hydrogen-bond donors (Lipinski definition) is 0. The van der Waals surface area contributed by atoms with E-state index in [2.05, 4.69) is 0 Å². The zero-order valence-electron chi connectivity index (χ0n) is 9.63. The summed E-state index contributed by atoms with van der Waals surface area (Å²) in [7, 11) is 0. The van der Waals surface area contributed by atoms with E-state index in [1.165, 1.54) is 0 Å². The van der Waals surface area contributed by atoms with Crippen LogP contribution >= 0.6 is 0 Å². The molecule has 0 saturated heterocycles. The predicted molar refractivity (Wildman–Crippen MR) is 50.4 cm³/mol. The number of nitrogens with zero attached hydrogens (tertiary/aromatic N) is 2. The molecule has 1 aromatic rings. The van der Waals surface area contributed by atoms with Crippen LogP contribution in [0.1, 0.15) is 22.3 Å². The van der Waals surface area contributed by atoms with Gasteiger partial charge in [-0.1, -0.05) is 0 Å². The van der Waals surface area contributed by atoms with Gasteiger partial charge in [-0.2, -0.15) is 36.9 Å². The zero-order valence-corrected chi connectivity index (χ0v) is 9.63. The van der Waals surface area contributed by atoms with E-state index in [4.69, 9.17) is 10.5 Å². The van der Waals surface area contributed by atoms with E-state index in [9.17, 15) is 35.1 Å². The summed E-state index contributed by atoms with van der Waals surface area (Å²) in [4.78, 5) is 0. The molecule has 1 aromatic carbocycles. The normalized spacial score (nSPS) is 11.9. The van der Waals surface area contributed by atoms with E-state index in [-0.39, 0.29) is 0 Å². The fraction of sp³-hybridized carbons (Fsp3) is 0.273. The van der Waals surface area contributed by atoms with Gasteiger partial charge in [0.2, 0.25) is 0 Å². The molecule has 21 heavy (non-hydrogen) atoms. The average Bonchev–Trinajstić information content (AvgIpc) is 2.29. The molecule has 0 aromatic heterocycles. The highest BCUT2D eigenvalue weighted by Gasteiger charge is 2.47. The van der Waals surface area contributed by atoms with Crippen molar-refractivity contribution in [3.63, 3.8) is 0 Å². The van der Waals surface area contributed by atoms with Gasteiger partial charge < -0.3 is 0 Å². The number of rotatable bonds is 1. The predicted octanol–water partition coefficient (Wildman–Crippen LogP) is 3.94. The minimum atomic E-state index is -5.71. The summed E-state index contributed by atoms with van der Waals surface area (Å²) < 4.78 is 103. The van der Waals surface area contributed by atoms with Gasteiger partial charge in [-0.25, -0.2) is 8.78 Å². The number of hydrogen-bond acceptors (Lipinski definition) is 2. The van der Waals surface area contributed by atoms with Crippen molar-refractivity contribution in [1.29, 1.82) is 10.5 Å². The molecule has 0 N–H and O–H groups in total. The molecule has 0 unspecified atom stereocenters. The Labute approximate surface area is 111 Å². The average molecular weight is 314 g/mol. The van der Waals surface area contributed by atoms with Crippen molar-refractivity contribution in [2.45, 2.75) is 18.8 Å². The molecule has 0 amide bonds. The molecule has 112 valence electrons. The number of alkyl halides is 6. The van der Waals surface area contributed by atoms with Crippen LogP contribution in [0.25, 0.3) is 0 Å². The second-order valence-corrected chi connectivity index (χ2v) is 3.67. The molecule has 0 bridgehead atoms. The topological polar surface area (TPSA) is 47.6 Å². The van der Waals surface area contributed by atoms with Gasteiger partial charge in [-0.3, -0.25) is 0 Å². The smallest absolute Gasteiger partial charge is 0.206 e. The molecule has 2 nitrogen and oxygen atoms in total. The van der Waals surface area contributed by atoms with E-state index in [0.717, 1.165) is 6.07 Å². The first kappa shape index (κ1) is 16.7. The standard InChI is InChI=1S/C11H2F8N2/c12-8-4(1-2-20)6(10(14,15)16)9(13)7(5(8)3-21)11(17,18)19/h1H2. The first-order chi connectivity index (χ1) is 9.46. The Morgan fingerprint density at radius 2 is 1.29 bits per heavy atom. The summed E-state index contributed by atoms with van der Waals surface area (Å²) in [5.41, 5.74) is -8.73. The Kier molecular flexibility index (Phi) is 4.14. The van der Waals surface area contributed by atoms with E-state index in [0.29, 0.717) is 6.07 Å². The van der Waals surface area contributed by atoms with Crippen molar-refractivity contribution in [3.05, 3.63) is 33.9 Å². The largest absolute Gasteiger partial charge is 0.420 e. The molecular weight excluding hydrogens is 312 g/mol. The minimum absolute atomic E-state index is 0.677. The molecule has 0 aliphatic carbocycles. The van der Waals surface area contributed by atoms with Crippen molar-refractivity contribution in [2.24, 2.45) is 0 Å². The van der Waals surface area contributed by atoms with Gasteiger partial charge in [0.1, 0.15) is 28.8 Å². The summed E-state index contributed by atoms with van der Waals surface area (Å²) in [5.74, 6) is -5.03. The molecule has 0 heterocycles. The highest BCUT2D eigenvalue weighted by Crippen LogP contribution is 2.43. The van der Waals surface area contributed by atoms with E-state index < -0.39 is 52.7 Å². The lowest BCUT2D eigenvalue weighted by molar-refractivity contribution is -0.148. The molecule has 0 aliphatic heterocycles. The van der Waals surface area contributed by atoms with Gasteiger partial charge in [0, 0.05) is 5.56 Å². The van der Waals surface area contributed by atoms with Gasteiger partial charge in [0.25, 0.3) is 0 Å². The van der Waals surface area contributed by atoms with Crippen molar-refractivity contribution >= 4 is 0 Å². The molecular formula is C11H2F8N2. The number of benzene rings is 1. The van der Waals surface area contributed by atoms with Crippen molar-refractivity contribution in [2.75, 3.05) is 0 Å². The first-order valence-electron chi connectivity index (χ1n) is 4.92. The highest BCUT2D eigenvalue weighted by atomic mass is 19.4. The molecule has 0 saturated carbocycles. The van der Waals surface area contributed by atoms with Crippen LogP contribution in [-0.4, -0.2) is 0 Å². The maximum absolute atomic E-state index is 13.7. The second-order valence-electron chi connectivity index (χ2n) is 3.67. The summed E-state index contributed by atoms with van der Waals surface area (Å²) in [6.07, 6.45) is -12.7. The lowest BCUT2D eigenvalue weighted by Gasteiger charge is -2.18. The fourth-order valence-corrected chi connectivity index (χ4v) is 1.65. The monoisotopic (exact) mass is 314 g/mol. The summed E-state index contributed by atoms with van der Waals surface area (Å²) in [5, 5.41) is 16.8. The van der Waals surface area contributed by atoms with Gasteiger partial charge >= 0.3 is 12.4 Å². The maximum atomic E-state index is 13.7. The number of halogens is 8. The highest BCUT2D eigenvalue weighted by molar-refractivity contribution is 5.50. The van der Waals surface area contributed by atoms with Crippen LogP contribution in [0.4, 0.5) is 35.1 Å². The van der Waals surface area contributed by atoms with Gasteiger partial charge in [-0.15, -0.1) is 0 Å². The molecule has 0 aliphatic rings. The molecule has 0 radical (unpaired) electrons. The SMILES string of the molecule is N#CCc1c(F)c(C#N)c(C(F)(F)F)c(F)c1C(F)(F)F. The van der Waals surface area contributed by atoms with Crippen molar-refractivity contribution in [3.8, 4) is 12.1 Å². The van der Waals surface area contributed by atoms with E-state index >= 15 is 0 Å². The lowest BCUT2D eigenvalue weighted by atomic mass is 9.94. The zero-order chi connectivity index (χ0) is 16.6. The molecule has 1 rings (SSSR count). The molecule has 0 atom stereocenters. The third-order valence-electron chi connectivity index (χ3n) is 2.41. The van der Waals surface area contributed by atoms with Crippen LogP contribution in [0.3, 0.4) is 0 Å². The number of nitriles is 2. The van der Waals surface area contributed by atoms with Crippen LogP contribution < -0.4 is 0 Å². The third-order valence-corrected chi connectivity index (χ3v) is 2.41. The maximum Gasteiger partial charge on any atom is 0.420 e. The van der Waals surface area contributed by atoms with E-state index in [1.54, 1.807) is 0 Å².